The number of nitrogens with one attached hydrogen (secondary N) is 2. The summed E-state index contributed by atoms with van der Waals surface area (Å²) in [7, 11) is 0. The van der Waals surface area contributed by atoms with Gasteiger partial charge in [-0.25, -0.2) is 14.2 Å². The van der Waals surface area contributed by atoms with Crippen molar-refractivity contribution in [3.8, 4) is 0 Å². The van der Waals surface area contributed by atoms with Crippen molar-refractivity contribution in [2.45, 2.75) is 13.3 Å². The van der Waals surface area contributed by atoms with Gasteiger partial charge in [-0.05, 0) is 43.3 Å². The molecule has 24 heavy (non-hydrogen) atoms. The number of hydrogen-bond donors (Lipinski definition) is 2. The van der Waals surface area contributed by atoms with E-state index in [1.54, 1.807) is 6.92 Å². The minimum absolute atomic E-state index is 0.0745. The Morgan fingerprint density at radius 2 is 1.71 bits per heavy atom. The minimum atomic E-state index is -0.702. The van der Waals surface area contributed by atoms with Crippen LogP contribution in [0.4, 0.5) is 14.5 Å². The summed E-state index contributed by atoms with van der Waals surface area (Å²) in [6.07, 6.45) is -0.0745. The van der Waals surface area contributed by atoms with Gasteiger partial charge in [-0.2, -0.15) is 5.10 Å². The molecule has 0 atom stereocenters. The van der Waals surface area contributed by atoms with Crippen molar-refractivity contribution >= 4 is 23.2 Å². The average molecular weight is 331 g/mol. The zero-order valence-corrected chi connectivity index (χ0v) is 12.8. The highest BCUT2D eigenvalue weighted by Gasteiger charge is 2.10. The Balaban J connectivity index is 1.89. The smallest absolute Gasteiger partial charge is 0.274 e. The van der Waals surface area contributed by atoms with Crippen LogP contribution in [0.25, 0.3) is 0 Å². The van der Waals surface area contributed by atoms with Gasteiger partial charge in [-0.15, -0.1) is 0 Å². The van der Waals surface area contributed by atoms with Gasteiger partial charge in [0.1, 0.15) is 11.6 Å². The number of halogens is 2. The summed E-state index contributed by atoms with van der Waals surface area (Å²) in [6, 6.07) is 10.8. The zero-order valence-electron chi connectivity index (χ0n) is 12.8. The summed E-state index contributed by atoms with van der Waals surface area (Å²) in [5.74, 6) is -2.13. The highest BCUT2D eigenvalue weighted by Crippen LogP contribution is 2.09. The largest absolute Gasteiger partial charge is 0.326 e. The van der Waals surface area contributed by atoms with E-state index >= 15 is 0 Å². The Kier molecular flexibility index (Phi) is 5.73. The molecule has 2 aromatic rings. The van der Waals surface area contributed by atoms with E-state index in [1.807, 2.05) is 0 Å². The summed E-state index contributed by atoms with van der Waals surface area (Å²) in [5.41, 5.74) is 2.84. The van der Waals surface area contributed by atoms with Gasteiger partial charge in [0.15, 0.2) is 0 Å². The van der Waals surface area contributed by atoms with E-state index in [0.717, 1.165) is 0 Å². The molecule has 2 aromatic carbocycles. The minimum Gasteiger partial charge on any atom is -0.326 e. The van der Waals surface area contributed by atoms with Crippen LogP contribution in [0.3, 0.4) is 0 Å². The lowest BCUT2D eigenvalue weighted by atomic mass is 10.2. The maximum absolute atomic E-state index is 13.4. The van der Waals surface area contributed by atoms with Crippen molar-refractivity contribution in [2.75, 3.05) is 5.32 Å². The van der Waals surface area contributed by atoms with Crippen molar-refractivity contribution in [1.29, 1.82) is 0 Å². The Bertz CT molecular complexity index is 774. The van der Waals surface area contributed by atoms with Crippen LogP contribution in [0, 0.1) is 11.6 Å². The summed E-state index contributed by atoms with van der Waals surface area (Å²) in [6.45, 7) is 1.55. The molecule has 124 valence electrons. The molecule has 0 aliphatic rings. The molecule has 2 rings (SSSR count). The van der Waals surface area contributed by atoms with Gasteiger partial charge in [-0.3, -0.25) is 9.59 Å². The normalized spacial score (nSPS) is 11.0. The first-order valence-electron chi connectivity index (χ1n) is 7.09. The summed E-state index contributed by atoms with van der Waals surface area (Å²) < 4.78 is 26.2. The number of amides is 2. The SMILES string of the molecule is C/C(CC(=O)Nc1ccc(F)cc1)=N/NC(=O)c1ccccc1F. The van der Waals surface area contributed by atoms with E-state index in [0.29, 0.717) is 11.4 Å². The predicted octanol–water partition coefficient (Wildman–Crippen LogP) is 3.10. The van der Waals surface area contributed by atoms with Gasteiger partial charge < -0.3 is 5.32 Å². The number of hydrazone groups is 1. The quantitative estimate of drug-likeness (QED) is 0.653. The third-order valence-corrected chi connectivity index (χ3v) is 3.01. The number of hydrogen-bond acceptors (Lipinski definition) is 3. The predicted molar refractivity (Wildman–Crippen MR) is 86.6 cm³/mol. The van der Waals surface area contributed by atoms with Gasteiger partial charge in [0.2, 0.25) is 5.91 Å². The molecule has 2 amide bonds. The lowest BCUT2D eigenvalue weighted by Crippen LogP contribution is -2.22. The van der Waals surface area contributed by atoms with Crippen molar-refractivity contribution in [2.24, 2.45) is 5.10 Å². The fraction of sp³-hybridized carbons (Fsp3) is 0.118. The first-order valence-corrected chi connectivity index (χ1v) is 7.09. The second-order valence-corrected chi connectivity index (χ2v) is 5.00. The fourth-order valence-corrected chi connectivity index (χ4v) is 1.86. The second kappa shape index (κ2) is 7.96. The molecule has 0 aromatic heterocycles. The molecule has 7 heteroatoms. The maximum atomic E-state index is 13.4. The number of rotatable bonds is 5. The molecule has 0 aliphatic carbocycles. The first kappa shape index (κ1) is 17.3. The molecule has 0 saturated carbocycles. The molecule has 0 saturated heterocycles. The highest BCUT2D eigenvalue weighted by molar-refractivity contribution is 6.06. The molecule has 0 unspecified atom stereocenters. The van der Waals surface area contributed by atoms with Crippen molar-refractivity contribution < 1.29 is 18.4 Å². The van der Waals surface area contributed by atoms with E-state index < -0.39 is 17.5 Å². The Labute approximate surface area is 137 Å². The summed E-state index contributed by atoms with van der Waals surface area (Å²) >= 11 is 0. The zero-order chi connectivity index (χ0) is 17.5. The van der Waals surface area contributed by atoms with E-state index in [2.05, 4.69) is 15.8 Å². The Hall–Kier alpha value is -3.09. The second-order valence-electron chi connectivity index (χ2n) is 5.00. The van der Waals surface area contributed by atoms with Crippen molar-refractivity contribution in [3.63, 3.8) is 0 Å². The monoisotopic (exact) mass is 331 g/mol. The molecule has 0 aliphatic heterocycles. The number of anilines is 1. The van der Waals surface area contributed by atoms with Crippen LogP contribution < -0.4 is 10.7 Å². The van der Waals surface area contributed by atoms with Crippen molar-refractivity contribution in [1.82, 2.24) is 5.43 Å². The van der Waals surface area contributed by atoms with Crippen LogP contribution in [0.5, 0.6) is 0 Å². The molecule has 0 spiro atoms. The van der Waals surface area contributed by atoms with E-state index in [9.17, 15) is 18.4 Å². The summed E-state index contributed by atoms with van der Waals surface area (Å²) in [4.78, 5) is 23.6. The molecule has 2 N–H and O–H groups in total. The number of carbonyl (C=O) groups is 2. The van der Waals surface area contributed by atoms with E-state index in [1.165, 1.54) is 48.5 Å². The molecular formula is C17H15F2N3O2. The van der Waals surface area contributed by atoms with E-state index in [-0.39, 0.29) is 17.9 Å². The maximum Gasteiger partial charge on any atom is 0.274 e. The van der Waals surface area contributed by atoms with Gasteiger partial charge in [0.05, 0.1) is 12.0 Å². The number of benzene rings is 2. The number of carbonyl (C=O) groups excluding carboxylic acids is 2. The van der Waals surface area contributed by atoms with Gasteiger partial charge >= 0.3 is 0 Å². The van der Waals surface area contributed by atoms with Crippen LogP contribution in [0.15, 0.2) is 53.6 Å². The first-order chi connectivity index (χ1) is 11.5. The average Bonchev–Trinajstić information content (AvgIpc) is 2.55. The highest BCUT2D eigenvalue weighted by atomic mass is 19.1. The lowest BCUT2D eigenvalue weighted by molar-refractivity contribution is -0.115. The number of nitrogens with zero attached hydrogens (tertiary/aromatic N) is 1. The third-order valence-electron chi connectivity index (χ3n) is 3.01. The van der Waals surface area contributed by atoms with Gasteiger partial charge in [-0.1, -0.05) is 12.1 Å². The Morgan fingerprint density at radius 1 is 1.04 bits per heavy atom. The van der Waals surface area contributed by atoms with Crippen LogP contribution >= 0.6 is 0 Å². The van der Waals surface area contributed by atoms with Gasteiger partial charge in [0, 0.05) is 11.4 Å². The van der Waals surface area contributed by atoms with Crippen LogP contribution in [-0.2, 0) is 4.79 Å². The van der Waals surface area contributed by atoms with E-state index in [4.69, 9.17) is 0 Å². The lowest BCUT2D eigenvalue weighted by Gasteiger charge is -2.06. The summed E-state index contributed by atoms with van der Waals surface area (Å²) in [5, 5.41) is 6.34. The topological polar surface area (TPSA) is 70.6 Å². The van der Waals surface area contributed by atoms with Crippen LogP contribution in [0.2, 0.25) is 0 Å². The van der Waals surface area contributed by atoms with Crippen molar-refractivity contribution in [3.05, 3.63) is 65.7 Å². The standard InChI is InChI=1S/C17H15F2N3O2/c1-11(10-16(23)20-13-8-6-12(18)7-9-13)21-22-17(24)14-4-2-3-5-15(14)19/h2-9H,10H2,1H3,(H,20,23)(H,22,24)/b21-11-. The molecular weight excluding hydrogens is 316 g/mol. The Morgan fingerprint density at radius 3 is 2.38 bits per heavy atom. The van der Waals surface area contributed by atoms with Gasteiger partial charge in [0.25, 0.3) is 5.91 Å². The molecule has 0 bridgehead atoms. The fourth-order valence-electron chi connectivity index (χ4n) is 1.86. The third kappa shape index (κ3) is 4.98. The molecule has 0 fully saturated rings. The van der Waals surface area contributed by atoms with Crippen LogP contribution in [0.1, 0.15) is 23.7 Å². The van der Waals surface area contributed by atoms with Crippen LogP contribution in [-0.4, -0.2) is 17.5 Å². The molecule has 5 nitrogen and oxygen atoms in total. The molecule has 0 radical (unpaired) electrons. The molecule has 0 heterocycles.